The molecule has 86 valence electrons. The number of carbonyl (C=O) groups excluding carboxylic acids is 1. The van der Waals surface area contributed by atoms with E-state index in [1.165, 1.54) is 32.8 Å². The first-order valence-electron chi connectivity index (χ1n) is 5.97. The Kier molecular flexibility index (Phi) is 3.01. The summed E-state index contributed by atoms with van der Waals surface area (Å²) in [6, 6.07) is 0. The Balaban J connectivity index is 1.82. The zero-order chi connectivity index (χ0) is 10.9. The van der Waals surface area contributed by atoms with Crippen LogP contribution in [0.2, 0.25) is 0 Å². The summed E-state index contributed by atoms with van der Waals surface area (Å²) >= 11 is 0. The minimum atomic E-state index is -0.259. The monoisotopic (exact) mass is 212 g/mol. The van der Waals surface area contributed by atoms with Crippen LogP contribution in [0.3, 0.4) is 0 Å². The largest absolute Gasteiger partial charge is 0.467 e. The summed E-state index contributed by atoms with van der Waals surface area (Å²) in [5.41, 5.74) is -0.128. The summed E-state index contributed by atoms with van der Waals surface area (Å²) < 4.78 is 10.3. The molecule has 15 heavy (non-hydrogen) atoms. The Hall–Kier alpha value is -0.570. The molecule has 2 aliphatic rings. The highest BCUT2D eigenvalue weighted by molar-refractivity contribution is 5.79. The molecule has 1 atom stereocenters. The van der Waals surface area contributed by atoms with Crippen LogP contribution < -0.4 is 0 Å². The van der Waals surface area contributed by atoms with Gasteiger partial charge in [-0.2, -0.15) is 0 Å². The number of epoxide rings is 1. The quantitative estimate of drug-likeness (QED) is 0.532. The fourth-order valence-corrected chi connectivity index (χ4v) is 2.81. The number of ether oxygens (including phenoxy) is 2. The molecule has 0 bridgehead atoms. The molecule has 1 saturated heterocycles. The Morgan fingerprint density at radius 1 is 1.47 bits per heavy atom. The molecule has 0 radical (unpaired) electrons. The maximum Gasteiger partial charge on any atom is 0.338 e. The van der Waals surface area contributed by atoms with Crippen LogP contribution >= 0.6 is 0 Å². The highest BCUT2D eigenvalue weighted by atomic mass is 16.7. The van der Waals surface area contributed by atoms with Gasteiger partial charge < -0.3 is 9.47 Å². The van der Waals surface area contributed by atoms with E-state index in [0.717, 1.165) is 18.8 Å². The number of hydrogen-bond donors (Lipinski definition) is 0. The van der Waals surface area contributed by atoms with Crippen LogP contribution in [0.25, 0.3) is 0 Å². The Bertz CT molecular complexity index is 241. The lowest BCUT2D eigenvalue weighted by Crippen LogP contribution is -2.27. The molecule has 1 heterocycles. The number of methoxy groups -OCH3 is 1. The molecule has 0 aromatic rings. The van der Waals surface area contributed by atoms with Crippen molar-refractivity contribution in [1.82, 2.24) is 0 Å². The second kappa shape index (κ2) is 4.12. The molecule has 1 spiro atoms. The topological polar surface area (TPSA) is 38.8 Å². The average Bonchev–Trinajstić information content (AvgIpc) is 2.96. The highest BCUT2D eigenvalue weighted by Crippen LogP contribution is 2.50. The molecule has 1 aliphatic carbocycles. The molecule has 0 N–H and O–H groups in total. The van der Waals surface area contributed by atoms with Gasteiger partial charge in [-0.1, -0.05) is 19.8 Å². The molecule has 2 rings (SSSR count). The van der Waals surface area contributed by atoms with Crippen LogP contribution in [0.15, 0.2) is 0 Å². The van der Waals surface area contributed by atoms with Crippen molar-refractivity contribution < 1.29 is 14.3 Å². The third-order valence-corrected chi connectivity index (χ3v) is 3.84. The number of hydrogen-bond acceptors (Lipinski definition) is 3. The molecule has 0 aromatic heterocycles. The van der Waals surface area contributed by atoms with E-state index in [4.69, 9.17) is 9.47 Å². The van der Waals surface area contributed by atoms with Crippen molar-refractivity contribution in [3.63, 3.8) is 0 Å². The molecule has 1 unspecified atom stereocenters. The van der Waals surface area contributed by atoms with Crippen LogP contribution in [-0.2, 0) is 14.3 Å². The van der Waals surface area contributed by atoms with Crippen molar-refractivity contribution in [2.75, 3.05) is 7.11 Å². The average molecular weight is 212 g/mol. The molecule has 2 fully saturated rings. The molecular formula is C12H20O3. The minimum absolute atomic E-state index is 0.128. The first-order chi connectivity index (χ1) is 7.22. The van der Waals surface area contributed by atoms with Gasteiger partial charge in [-0.15, -0.1) is 0 Å². The van der Waals surface area contributed by atoms with Crippen molar-refractivity contribution in [1.29, 1.82) is 0 Å². The van der Waals surface area contributed by atoms with Gasteiger partial charge in [0.25, 0.3) is 0 Å². The number of rotatable bonds is 3. The molecule has 0 amide bonds. The van der Waals surface area contributed by atoms with Crippen LogP contribution in [0.5, 0.6) is 0 Å². The standard InChI is InChI=1S/C12H20O3/c1-3-4-9-5-7-12(8-6-9)10(15-12)11(13)14-2/h9-10H,3-8H2,1-2H3. The molecule has 3 nitrogen and oxygen atoms in total. The lowest BCUT2D eigenvalue weighted by molar-refractivity contribution is -0.142. The second-order valence-corrected chi connectivity index (χ2v) is 4.82. The van der Waals surface area contributed by atoms with Gasteiger partial charge in [-0.05, 0) is 31.6 Å². The summed E-state index contributed by atoms with van der Waals surface area (Å²) in [6.07, 6.45) is 6.82. The fourth-order valence-electron chi connectivity index (χ4n) is 2.81. The van der Waals surface area contributed by atoms with Gasteiger partial charge in [0.15, 0.2) is 6.10 Å². The normalized spacial score (nSPS) is 39.1. The van der Waals surface area contributed by atoms with E-state index in [-0.39, 0.29) is 17.7 Å². The number of esters is 1. The smallest absolute Gasteiger partial charge is 0.338 e. The second-order valence-electron chi connectivity index (χ2n) is 4.82. The zero-order valence-electron chi connectivity index (χ0n) is 9.62. The van der Waals surface area contributed by atoms with Crippen LogP contribution in [-0.4, -0.2) is 24.8 Å². The Labute approximate surface area is 91.1 Å². The zero-order valence-corrected chi connectivity index (χ0v) is 9.62. The van der Waals surface area contributed by atoms with Gasteiger partial charge in [-0.3, -0.25) is 0 Å². The molecular weight excluding hydrogens is 192 g/mol. The Morgan fingerprint density at radius 2 is 2.13 bits per heavy atom. The minimum Gasteiger partial charge on any atom is -0.467 e. The van der Waals surface area contributed by atoms with Gasteiger partial charge in [0.05, 0.1) is 7.11 Å². The predicted octanol–water partition coefficient (Wildman–Crippen LogP) is 2.29. The van der Waals surface area contributed by atoms with E-state index in [1.807, 2.05) is 0 Å². The third kappa shape index (κ3) is 2.03. The summed E-state index contributed by atoms with van der Waals surface area (Å²) in [6.45, 7) is 2.23. The van der Waals surface area contributed by atoms with E-state index in [2.05, 4.69) is 6.92 Å². The molecule has 1 saturated carbocycles. The van der Waals surface area contributed by atoms with E-state index in [1.54, 1.807) is 0 Å². The first-order valence-corrected chi connectivity index (χ1v) is 5.97. The SMILES string of the molecule is CCCC1CCC2(CC1)OC2C(=O)OC. The van der Waals surface area contributed by atoms with Crippen LogP contribution in [0.1, 0.15) is 45.4 Å². The maximum atomic E-state index is 11.3. The van der Waals surface area contributed by atoms with Crippen molar-refractivity contribution >= 4 is 5.97 Å². The highest BCUT2D eigenvalue weighted by Gasteiger charge is 2.61. The van der Waals surface area contributed by atoms with Crippen molar-refractivity contribution in [3.8, 4) is 0 Å². The van der Waals surface area contributed by atoms with Crippen molar-refractivity contribution in [3.05, 3.63) is 0 Å². The summed E-state index contributed by atoms with van der Waals surface area (Å²) in [5, 5.41) is 0. The van der Waals surface area contributed by atoms with Gasteiger partial charge in [0, 0.05) is 0 Å². The van der Waals surface area contributed by atoms with Gasteiger partial charge >= 0.3 is 5.97 Å². The first kappa shape index (κ1) is 10.9. The lowest BCUT2D eigenvalue weighted by atomic mass is 9.78. The van der Waals surface area contributed by atoms with E-state index < -0.39 is 0 Å². The van der Waals surface area contributed by atoms with Crippen LogP contribution in [0, 0.1) is 5.92 Å². The third-order valence-electron chi connectivity index (χ3n) is 3.84. The Morgan fingerprint density at radius 3 is 2.67 bits per heavy atom. The summed E-state index contributed by atoms with van der Waals surface area (Å²) in [7, 11) is 1.43. The maximum absolute atomic E-state index is 11.3. The van der Waals surface area contributed by atoms with E-state index >= 15 is 0 Å². The van der Waals surface area contributed by atoms with Gasteiger partial charge in [-0.25, -0.2) is 4.79 Å². The summed E-state index contributed by atoms with van der Waals surface area (Å²) in [4.78, 5) is 11.3. The predicted molar refractivity (Wildman–Crippen MR) is 56.5 cm³/mol. The van der Waals surface area contributed by atoms with Crippen LogP contribution in [0.4, 0.5) is 0 Å². The van der Waals surface area contributed by atoms with E-state index in [9.17, 15) is 4.79 Å². The van der Waals surface area contributed by atoms with Gasteiger partial charge in [0.1, 0.15) is 5.60 Å². The molecule has 1 aliphatic heterocycles. The summed E-state index contributed by atoms with van der Waals surface area (Å²) in [5.74, 6) is 0.659. The lowest BCUT2D eigenvalue weighted by Gasteiger charge is -2.26. The van der Waals surface area contributed by atoms with Gasteiger partial charge in [0.2, 0.25) is 0 Å². The van der Waals surface area contributed by atoms with Crippen molar-refractivity contribution in [2.24, 2.45) is 5.92 Å². The molecule has 3 heteroatoms. The van der Waals surface area contributed by atoms with Crippen molar-refractivity contribution in [2.45, 2.75) is 57.2 Å². The molecule has 0 aromatic carbocycles. The fraction of sp³-hybridized carbons (Fsp3) is 0.917. The van der Waals surface area contributed by atoms with E-state index in [0.29, 0.717) is 0 Å². The number of carbonyl (C=O) groups is 1.